The van der Waals surface area contributed by atoms with Gasteiger partial charge in [-0.2, -0.15) is 10.2 Å². The number of rotatable bonds is 8. The lowest BCUT2D eigenvalue weighted by molar-refractivity contribution is -0.386. The van der Waals surface area contributed by atoms with Crippen LogP contribution in [-0.2, 0) is 17.9 Å². The maximum absolute atomic E-state index is 13.1. The molecule has 2 heterocycles. The van der Waals surface area contributed by atoms with E-state index >= 15 is 0 Å². The molecule has 0 fully saturated rings. The van der Waals surface area contributed by atoms with Gasteiger partial charge in [-0.25, -0.2) is 8.78 Å². The van der Waals surface area contributed by atoms with Gasteiger partial charge >= 0.3 is 5.69 Å². The van der Waals surface area contributed by atoms with Gasteiger partial charge in [-0.3, -0.25) is 29.1 Å². The molecule has 0 radical (unpaired) electrons. The number of aromatic nitrogens is 4. The van der Waals surface area contributed by atoms with Crippen molar-refractivity contribution in [2.75, 3.05) is 10.6 Å². The highest BCUT2D eigenvalue weighted by Gasteiger charge is 2.31. The molecule has 0 spiro atoms. The average molecular weight is 447 g/mol. The predicted molar refractivity (Wildman–Crippen MR) is 110 cm³/mol. The Morgan fingerprint density at radius 1 is 1.19 bits per heavy atom. The van der Waals surface area contributed by atoms with E-state index in [0.29, 0.717) is 12.2 Å². The molecule has 1 aromatic carbocycles. The van der Waals surface area contributed by atoms with E-state index in [-0.39, 0.29) is 17.1 Å². The van der Waals surface area contributed by atoms with E-state index in [2.05, 4.69) is 20.8 Å². The van der Waals surface area contributed by atoms with Gasteiger partial charge in [0.1, 0.15) is 12.2 Å². The number of para-hydroxylation sites is 1. The maximum Gasteiger partial charge on any atom is 0.319 e. The number of hydrogen-bond donors (Lipinski definition) is 2. The second-order valence-corrected chi connectivity index (χ2v) is 6.65. The number of nitro groups is 1. The Morgan fingerprint density at radius 2 is 1.88 bits per heavy atom. The third-order valence-corrected chi connectivity index (χ3v) is 4.49. The number of nitrogens with zero attached hydrogens (tertiary/aromatic N) is 5. The van der Waals surface area contributed by atoms with E-state index in [9.17, 15) is 28.5 Å². The van der Waals surface area contributed by atoms with Crippen LogP contribution in [0.1, 0.15) is 35.2 Å². The normalized spacial score (nSPS) is 10.9. The third-order valence-electron chi connectivity index (χ3n) is 4.49. The first-order valence-electron chi connectivity index (χ1n) is 9.44. The van der Waals surface area contributed by atoms with Crippen molar-refractivity contribution in [1.82, 2.24) is 19.6 Å². The fourth-order valence-corrected chi connectivity index (χ4v) is 2.97. The molecule has 0 atom stereocenters. The number of amides is 2. The van der Waals surface area contributed by atoms with Crippen molar-refractivity contribution < 1.29 is 23.3 Å². The van der Waals surface area contributed by atoms with Crippen LogP contribution in [0.4, 0.5) is 25.8 Å². The van der Waals surface area contributed by atoms with E-state index in [1.165, 1.54) is 17.8 Å². The standard InChI is InChI=1S/C19H19F2N7O4/c1-3-26-9-13(15(24-26)19(30)22-12-7-5-4-6-8-12)23-14(29)10-27-11(2)17(28(31)32)16(25-27)18(20)21/h4-9,18H,3,10H2,1-2H3,(H,22,30)(H,23,29). The number of anilines is 2. The lowest BCUT2D eigenvalue weighted by Gasteiger charge is -2.07. The van der Waals surface area contributed by atoms with E-state index in [0.717, 1.165) is 4.68 Å². The zero-order valence-electron chi connectivity index (χ0n) is 17.1. The molecular formula is C19H19F2N7O4. The zero-order valence-corrected chi connectivity index (χ0v) is 17.1. The molecular weight excluding hydrogens is 428 g/mol. The van der Waals surface area contributed by atoms with Gasteiger partial charge in [-0.15, -0.1) is 0 Å². The summed E-state index contributed by atoms with van der Waals surface area (Å²) in [5, 5.41) is 23.9. The maximum atomic E-state index is 13.1. The summed E-state index contributed by atoms with van der Waals surface area (Å²) in [5.41, 5.74) is -1.47. The third kappa shape index (κ3) is 4.77. The number of nitrogens with one attached hydrogen (secondary N) is 2. The van der Waals surface area contributed by atoms with Crippen LogP contribution >= 0.6 is 0 Å². The van der Waals surface area contributed by atoms with Gasteiger partial charge in [0.2, 0.25) is 11.6 Å². The summed E-state index contributed by atoms with van der Waals surface area (Å²) >= 11 is 0. The molecule has 11 nitrogen and oxygen atoms in total. The van der Waals surface area contributed by atoms with Gasteiger partial charge in [0.25, 0.3) is 12.3 Å². The minimum atomic E-state index is -3.17. The molecule has 3 rings (SSSR count). The highest BCUT2D eigenvalue weighted by molar-refractivity contribution is 6.08. The molecule has 2 aromatic heterocycles. The fraction of sp³-hybridized carbons (Fsp3) is 0.263. The minimum absolute atomic E-state index is 0.0551. The lowest BCUT2D eigenvalue weighted by Crippen LogP contribution is -2.22. The first-order valence-corrected chi connectivity index (χ1v) is 9.44. The molecule has 0 saturated heterocycles. The summed E-state index contributed by atoms with van der Waals surface area (Å²) in [6.45, 7) is 2.86. The highest BCUT2D eigenvalue weighted by Crippen LogP contribution is 2.30. The van der Waals surface area contributed by atoms with Crippen LogP contribution in [0.5, 0.6) is 0 Å². The van der Waals surface area contributed by atoms with Crippen LogP contribution in [0.25, 0.3) is 0 Å². The van der Waals surface area contributed by atoms with Crippen molar-refractivity contribution >= 4 is 28.9 Å². The van der Waals surface area contributed by atoms with Crippen molar-refractivity contribution in [3.63, 3.8) is 0 Å². The van der Waals surface area contributed by atoms with Crippen LogP contribution in [0, 0.1) is 17.0 Å². The monoisotopic (exact) mass is 447 g/mol. The Labute approximate surface area is 180 Å². The molecule has 3 aromatic rings. The quantitative estimate of drug-likeness (QED) is 0.402. The molecule has 0 aliphatic rings. The van der Waals surface area contributed by atoms with Crippen LogP contribution in [-0.4, -0.2) is 36.3 Å². The fourth-order valence-electron chi connectivity index (χ4n) is 2.97. The first-order chi connectivity index (χ1) is 15.2. The Balaban J connectivity index is 1.81. The van der Waals surface area contributed by atoms with E-state index in [4.69, 9.17) is 0 Å². The summed E-state index contributed by atoms with van der Waals surface area (Å²) in [6.07, 6.45) is -1.73. The first kappa shape index (κ1) is 22.5. The molecule has 2 N–H and O–H groups in total. The summed E-state index contributed by atoms with van der Waals surface area (Å²) < 4.78 is 28.4. The molecule has 0 aliphatic heterocycles. The molecule has 168 valence electrons. The zero-order chi connectivity index (χ0) is 23.4. The summed E-state index contributed by atoms with van der Waals surface area (Å²) in [7, 11) is 0. The number of carbonyl (C=O) groups is 2. The van der Waals surface area contributed by atoms with Crippen LogP contribution in [0.3, 0.4) is 0 Å². The van der Waals surface area contributed by atoms with E-state index in [1.807, 2.05) is 0 Å². The number of alkyl halides is 2. The smallest absolute Gasteiger partial charge is 0.319 e. The number of hydrogen-bond acceptors (Lipinski definition) is 6. The number of aryl methyl sites for hydroxylation is 1. The molecule has 0 bridgehead atoms. The van der Waals surface area contributed by atoms with Crippen LogP contribution < -0.4 is 10.6 Å². The van der Waals surface area contributed by atoms with E-state index in [1.54, 1.807) is 37.3 Å². The minimum Gasteiger partial charge on any atom is -0.321 e. The largest absolute Gasteiger partial charge is 0.321 e. The van der Waals surface area contributed by atoms with Gasteiger partial charge in [-0.05, 0) is 26.0 Å². The second kappa shape index (κ2) is 9.32. The molecule has 32 heavy (non-hydrogen) atoms. The predicted octanol–water partition coefficient (Wildman–Crippen LogP) is 3.14. The van der Waals surface area contributed by atoms with Crippen molar-refractivity contribution in [2.45, 2.75) is 33.4 Å². The van der Waals surface area contributed by atoms with Crippen molar-refractivity contribution in [3.05, 3.63) is 63.7 Å². The van der Waals surface area contributed by atoms with Gasteiger partial charge in [0.15, 0.2) is 5.69 Å². The van der Waals surface area contributed by atoms with E-state index < -0.39 is 41.1 Å². The molecule has 2 amide bonds. The Bertz CT molecular complexity index is 1160. The van der Waals surface area contributed by atoms with Crippen molar-refractivity contribution in [1.29, 1.82) is 0 Å². The van der Waals surface area contributed by atoms with Gasteiger partial charge in [-0.1, -0.05) is 18.2 Å². The summed E-state index contributed by atoms with van der Waals surface area (Å²) in [4.78, 5) is 35.3. The van der Waals surface area contributed by atoms with Crippen LogP contribution in [0.2, 0.25) is 0 Å². The topological polar surface area (TPSA) is 137 Å². The van der Waals surface area contributed by atoms with Gasteiger partial charge < -0.3 is 10.6 Å². The molecule has 0 saturated carbocycles. The van der Waals surface area contributed by atoms with Crippen molar-refractivity contribution in [3.8, 4) is 0 Å². The molecule has 0 unspecified atom stereocenters. The van der Waals surface area contributed by atoms with Gasteiger partial charge in [0, 0.05) is 18.4 Å². The Kier molecular flexibility index (Phi) is 6.56. The number of benzene rings is 1. The Hall–Kier alpha value is -4.16. The van der Waals surface area contributed by atoms with Crippen molar-refractivity contribution in [2.24, 2.45) is 0 Å². The lowest BCUT2D eigenvalue weighted by atomic mass is 10.3. The summed E-state index contributed by atoms with van der Waals surface area (Å²) in [5.74, 6) is -1.29. The second-order valence-electron chi connectivity index (χ2n) is 6.65. The number of halogens is 2. The SMILES string of the molecule is CCn1cc(NC(=O)Cn2nc(C(F)F)c([N+](=O)[O-])c2C)c(C(=O)Nc2ccccc2)n1. The Morgan fingerprint density at radius 3 is 2.44 bits per heavy atom. The number of carbonyl (C=O) groups excluding carboxylic acids is 2. The van der Waals surface area contributed by atoms with Gasteiger partial charge in [0.05, 0.1) is 10.6 Å². The molecule has 13 heteroatoms. The highest BCUT2D eigenvalue weighted by atomic mass is 19.3. The summed E-state index contributed by atoms with van der Waals surface area (Å²) in [6, 6.07) is 8.63. The van der Waals surface area contributed by atoms with Crippen LogP contribution in [0.15, 0.2) is 36.5 Å². The average Bonchev–Trinajstić information content (AvgIpc) is 3.30. The molecule has 0 aliphatic carbocycles.